The Kier molecular flexibility index (Phi) is 4.53. The van der Waals surface area contributed by atoms with E-state index in [0.29, 0.717) is 29.4 Å². The lowest BCUT2D eigenvalue weighted by atomic mass is 10.1. The zero-order valence-electron chi connectivity index (χ0n) is 14.0. The summed E-state index contributed by atoms with van der Waals surface area (Å²) in [5.74, 6) is -0.0642. The molecule has 1 aliphatic rings. The number of halogens is 1. The van der Waals surface area contributed by atoms with Gasteiger partial charge in [-0.15, -0.1) is 5.10 Å². The fourth-order valence-electron chi connectivity index (χ4n) is 3.13. The van der Waals surface area contributed by atoms with Gasteiger partial charge in [0.25, 0.3) is 5.91 Å². The SMILES string of the molecule is O=C(c1cc(Cl)ccc1-n1cnnn1)N1CCN(c2ccccc2)CC1. The molecule has 0 atom stereocenters. The third-order valence-electron chi connectivity index (χ3n) is 4.47. The lowest BCUT2D eigenvalue weighted by Crippen LogP contribution is -2.49. The molecule has 8 heteroatoms. The van der Waals surface area contributed by atoms with E-state index < -0.39 is 0 Å². The molecule has 4 rings (SSSR count). The second kappa shape index (κ2) is 7.13. The first-order valence-corrected chi connectivity index (χ1v) is 8.72. The van der Waals surface area contributed by atoms with Crippen molar-refractivity contribution in [1.29, 1.82) is 0 Å². The number of hydrogen-bond acceptors (Lipinski definition) is 5. The Balaban J connectivity index is 1.53. The molecule has 132 valence electrons. The maximum absolute atomic E-state index is 13.1. The number of para-hydroxylation sites is 1. The Morgan fingerprint density at radius 1 is 1.00 bits per heavy atom. The van der Waals surface area contributed by atoms with E-state index in [1.807, 2.05) is 23.1 Å². The van der Waals surface area contributed by atoms with Crippen molar-refractivity contribution in [2.75, 3.05) is 31.1 Å². The van der Waals surface area contributed by atoms with Gasteiger partial charge in [0.2, 0.25) is 0 Å². The molecule has 0 unspecified atom stereocenters. The minimum absolute atomic E-state index is 0.0642. The van der Waals surface area contributed by atoms with Crippen LogP contribution in [0.25, 0.3) is 5.69 Å². The summed E-state index contributed by atoms with van der Waals surface area (Å²) in [4.78, 5) is 17.2. The Morgan fingerprint density at radius 2 is 1.77 bits per heavy atom. The Morgan fingerprint density at radius 3 is 2.46 bits per heavy atom. The summed E-state index contributed by atoms with van der Waals surface area (Å²) < 4.78 is 1.48. The summed E-state index contributed by atoms with van der Waals surface area (Å²) in [6.07, 6.45) is 1.47. The minimum Gasteiger partial charge on any atom is -0.368 e. The van der Waals surface area contributed by atoms with Gasteiger partial charge in [-0.05, 0) is 40.8 Å². The Labute approximate surface area is 155 Å². The fraction of sp³-hybridized carbons (Fsp3) is 0.222. The first kappa shape index (κ1) is 16.5. The quantitative estimate of drug-likeness (QED) is 0.709. The lowest BCUT2D eigenvalue weighted by molar-refractivity contribution is 0.0746. The van der Waals surface area contributed by atoms with E-state index in [1.165, 1.54) is 16.7 Å². The number of amides is 1. The topological polar surface area (TPSA) is 67.2 Å². The summed E-state index contributed by atoms with van der Waals surface area (Å²) in [6, 6.07) is 15.4. The molecule has 1 aromatic heterocycles. The van der Waals surface area contributed by atoms with Crippen molar-refractivity contribution < 1.29 is 4.79 Å². The smallest absolute Gasteiger partial charge is 0.256 e. The van der Waals surface area contributed by atoms with Gasteiger partial charge in [-0.25, -0.2) is 0 Å². The molecule has 0 N–H and O–H groups in total. The van der Waals surface area contributed by atoms with Crippen molar-refractivity contribution in [1.82, 2.24) is 25.1 Å². The third-order valence-corrected chi connectivity index (χ3v) is 4.71. The number of nitrogens with zero attached hydrogens (tertiary/aromatic N) is 6. The molecule has 2 heterocycles. The average molecular weight is 369 g/mol. The van der Waals surface area contributed by atoms with Crippen LogP contribution < -0.4 is 4.90 Å². The van der Waals surface area contributed by atoms with Crippen molar-refractivity contribution >= 4 is 23.2 Å². The minimum atomic E-state index is -0.0642. The van der Waals surface area contributed by atoms with Crippen molar-refractivity contribution in [3.8, 4) is 5.69 Å². The number of piperazine rings is 1. The van der Waals surface area contributed by atoms with Gasteiger partial charge in [0, 0.05) is 36.9 Å². The summed E-state index contributed by atoms with van der Waals surface area (Å²) >= 11 is 6.12. The van der Waals surface area contributed by atoms with Crippen LogP contribution in [-0.4, -0.2) is 57.2 Å². The van der Waals surface area contributed by atoms with Crippen molar-refractivity contribution in [2.45, 2.75) is 0 Å². The largest absolute Gasteiger partial charge is 0.368 e. The first-order valence-electron chi connectivity index (χ1n) is 8.34. The van der Waals surface area contributed by atoms with E-state index in [1.54, 1.807) is 18.2 Å². The van der Waals surface area contributed by atoms with Crippen LogP contribution in [0.5, 0.6) is 0 Å². The van der Waals surface area contributed by atoms with Crippen LogP contribution >= 0.6 is 11.6 Å². The summed E-state index contributed by atoms with van der Waals surface area (Å²) in [5.41, 5.74) is 2.30. The standard InChI is InChI=1S/C18H17ClN6O/c19-14-6-7-17(25-13-20-21-22-25)16(12-14)18(26)24-10-8-23(9-11-24)15-4-2-1-3-5-15/h1-7,12-13H,8-11H2. The van der Waals surface area contributed by atoms with Gasteiger partial charge in [-0.2, -0.15) is 4.68 Å². The van der Waals surface area contributed by atoms with Crippen LogP contribution in [-0.2, 0) is 0 Å². The number of aromatic nitrogens is 4. The zero-order chi connectivity index (χ0) is 17.9. The number of anilines is 1. The van der Waals surface area contributed by atoms with Crippen LogP contribution in [0, 0.1) is 0 Å². The lowest BCUT2D eigenvalue weighted by Gasteiger charge is -2.36. The Bertz CT molecular complexity index is 891. The van der Waals surface area contributed by atoms with Crippen LogP contribution in [0.2, 0.25) is 5.02 Å². The number of carbonyl (C=O) groups is 1. The predicted octanol–water partition coefficient (Wildman–Crippen LogP) is 2.28. The van der Waals surface area contributed by atoms with E-state index in [-0.39, 0.29) is 5.91 Å². The molecule has 1 aliphatic heterocycles. The highest BCUT2D eigenvalue weighted by Crippen LogP contribution is 2.22. The number of benzene rings is 2. The van der Waals surface area contributed by atoms with E-state index in [0.717, 1.165) is 13.1 Å². The highest BCUT2D eigenvalue weighted by Gasteiger charge is 2.25. The maximum Gasteiger partial charge on any atom is 0.256 e. The second-order valence-electron chi connectivity index (χ2n) is 6.03. The number of hydrogen-bond donors (Lipinski definition) is 0. The molecule has 3 aromatic rings. The van der Waals surface area contributed by atoms with Gasteiger partial charge in [0.15, 0.2) is 0 Å². The van der Waals surface area contributed by atoms with Gasteiger partial charge in [0.05, 0.1) is 11.3 Å². The van der Waals surface area contributed by atoms with E-state index in [2.05, 4.69) is 32.6 Å². The molecule has 1 fully saturated rings. The predicted molar refractivity (Wildman–Crippen MR) is 98.7 cm³/mol. The molecule has 0 radical (unpaired) electrons. The van der Waals surface area contributed by atoms with Crippen LogP contribution in [0.1, 0.15) is 10.4 Å². The molecule has 7 nitrogen and oxygen atoms in total. The highest BCUT2D eigenvalue weighted by atomic mass is 35.5. The van der Waals surface area contributed by atoms with Gasteiger partial charge in [-0.3, -0.25) is 4.79 Å². The van der Waals surface area contributed by atoms with E-state index >= 15 is 0 Å². The van der Waals surface area contributed by atoms with Crippen molar-refractivity contribution in [3.05, 3.63) is 65.4 Å². The maximum atomic E-state index is 13.1. The second-order valence-corrected chi connectivity index (χ2v) is 6.47. The Hall–Kier alpha value is -2.93. The highest BCUT2D eigenvalue weighted by molar-refractivity contribution is 6.31. The third kappa shape index (κ3) is 3.25. The van der Waals surface area contributed by atoms with Crippen LogP contribution in [0.4, 0.5) is 5.69 Å². The molecule has 0 spiro atoms. The zero-order valence-corrected chi connectivity index (χ0v) is 14.8. The summed E-state index contributed by atoms with van der Waals surface area (Å²) in [7, 11) is 0. The summed E-state index contributed by atoms with van der Waals surface area (Å²) in [5, 5.41) is 11.7. The molecule has 0 saturated carbocycles. The molecule has 26 heavy (non-hydrogen) atoms. The number of rotatable bonds is 3. The van der Waals surface area contributed by atoms with E-state index in [4.69, 9.17) is 11.6 Å². The molecular formula is C18H17ClN6O. The number of tetrazole rings is 1. The first-order chi connectivity index (χ1) is 12.7. The molecule has 0 bridgehead atoms. The van der Waals surface area contributed by atoms with Gasteiger partial charge in [-0.1, -0.05) is 29.8 Å². The van der Waals surface area contributed by atoms with Gasteiger partial charge < -0.3 is 9.80 Å². The molecular weight excluding hydrogens is 352 g/mol. The van der Waals surface area contributed by atoms with Crippen LogP contribution in [0.3, 0.4) is 0 Å². The van der Waals surface area contributed by atoms with Crippen molar-refractivity contribution in [2.24, 2.45) is 0 Å². The number of carbonyl (C=O) groups excluding carboxylic acids is 1. The normalized spacial score (nSPS) is 14.5. The molecule has 2 aromatic carbocycles. The average Bonchev–Trinajstić information content (AvgIpc) is 3.23. The van der Waals surface area contributed by atoms with E-state index in [9.17, 15) is 4.79 Å². The van der Waals surface area contributed by atoms with Crippen LogP contribution in [0.15, 0.2) is 54.9 Å². The molecule has 0 aliphatic carbocycles. The monoisotopic (exact) mass is 368 g/mol. The molecule has 1 amide bonds. The van der Waals surface area contributed by atoms with Gasteiger partial charge >= 0.3 is 0 Å². The van der Waals surface area contributed by atoms with Crippen molar-refractivity contribution in [3.63, 3.8) is 0 Å². The fourth-order valence-corrected chi connectivity index (χ4v) is 3.30. The van der Waals surface area contributed by atoms with Gasteiger partial charge in [0.1, 0.15) is 6.33 Å². The summed E-state index contributed by atoms with van der Waals surface area (Å²) in [6.45, 7) is 2.87. The molecule has 1 saturated heterocycles.